The summed E-state index contributed by atoms with van der Waals surface area (Å²) in [6.45, 7) is 4.45. The highest BCUT2D eigenvalue weighted by Gasteiger charge is 2.45. The van der Waals surface area contributed by atoms with Gasteiger partial charge >= 0.3 is 5.97 Å². The lowest BCUT2D eigenvalue weighted by atomic mass is 9.60. The molecule has 0 spiro atoms. The zero-order valence-corrected chi connectivity index (χ0v) is 24.2. The molecule has 0 aliphatic heterocycles. The fraction of sp³-hybridized carbons (Fsp3) is 0.424. The maximum atomic E-state index is 13.6. The topological polar surface area (TPSA) is 103 Å². The molecule has 42 heavy (non-hydrogen) atoms. The zero-order chi connectivity index (χ0) is 28.6. The first-order valence-corrected chi connectivity index (χ1v) is 15.2. The van der Waals surface area contributed by atoms with Crippen LogP contribution >= 0.6 is 0 Å². The molecule has 3 heterocycles. The van der Waals surface area contributed by atoms with Crippen LogP contribution in [0.1, 0.15) is 68.4 Å². The van der Waals surface area contributed by atoms with Crippen molar-refractivity contribution in [2.75, 3.05) is 6.61 Å². The van der Waals surface area contributed by atoms with E-state index in [9.17, 15) is 4.79 Å². The molecule has 9 nitrogen and oxygen atoms in total. The molecular weight excluding hydrogens is 526 g/mol. The van der Waals surface area contributed by atoms with Crippen molar-refractivity contribution in [2.45, 2.75) is 58.3 Å². The highest BCUT2D eigenvalue weighted by molar-refractivity contribution is 5.78. The third-order valence-corrected chi connectivity index (χ3v) is 9.53. The van der Waals surface area contributed by atoms with Crippen molar-refractivity contribution < 1.29 is 9.53 Å². The predicted octanol–water partition coefficient (Wildman–Crippen LogP) is 6.29. The van der Waals surface area contributed by atoms with Gasteiger partial charge in [0.05, 0.1) is 17.1 Å². The molecule has 0 saturated heterocycles. The van der Waals surface area contributed by atoms with Crippen LogP contribution in [0.3, 0.4) is 0 Å². The van der Waals surface area contributed by atoms with Gasteiger partial charge in [0.1, 0.15) is 17.8 Å². The van der Waals surface area contributed by atoms with E-state index < -0.39 is 0 Å². The first-order chi connectivity index (χ1) is 20.6. The maximum absolute atomic E-state index is 13.6. The van der Waals surface area contributed by atoms with Crippen LogP contribution in [0.5, 0.6) is 0 Å². The molecule has 3 unspecified atom stereocenters. The molecule has 2 fully saturated rings. The molecule has 2 saturated carbocycles. The van der Waals surface area contributed by atoms with E-state index in [1.54, 1.807) is 4.63 Å². The van der Waals surface area contributed by atoms with Gasteiger partial charge < -0.3 is 4.74 Å². The number of esters is 1. The number of aromatic amines is 1. The van der Waals surface area contributed by atoms with Crippen LogP contribution in [-0.2, 0) is 9.53 Å². The smallest absolute Gasteiger partial charge is 0.309 e. The first-order valence-electron chi connectivity index (χ1n) is 15.2. The Bertz CT molecular complexity index is 1730. The normalized spacial score (nSPS) is 23.4. The molecule has 2 aliphatic rings. The first kappa shape index (κ1) is 26.6. The lowest BCUT2D eigenvalue weighted by molar-refractivity contribution is -0.153. The number of fused-ring (bicyclic) bond motifs is 3. The van der Waals surface area contributed by atoms with Gasteiger partial charge in [0, 0.05) is 5.92 Å². The van der Waals surface area contributed by atoms with E-state index >= 15 is 0 Å². The monoisotopic (exact) mass is 563 g/mol. The highest BCUT2D eigenvalue weighted by atomic mass is 16.5. The number of aryl methyl sites for hydroxylation is 1. The minimum Gasteiger partial charge on any atom is -0.461 e. The Morgan fingerprint density at radius 3 is 2.67 bits per heavy atom. The van der Waals surface area contributed by atoms with E-state index in [-0.39, 0.29) is 30.3 Å². The second-order valence-corrected chi connectivity index (χ2v) is 12.1. The molecule has 0 bridgehead atoms. The van der Waals surface area contributed by atoms with Gasteiger partial charge in [-0.05, 0) is 61.3 Å². The van der Waals surface area contributed by atoms with Crippen LogP contribution in [0.2, 0.25) is 0 Å². The average Bonchev–Trinajstić information content (AvgIpc) is 3.71. The SMILES string of the molecule is Cc1[nH]n2nc(C(C)[C@H]3CC4CCCCC4C[C@H]3C(=O)OC/C=C/c3ccccc3)nc2c1-n1nnc2ccccc21. The summed E-state index contributed by atoms with van der Waals surface area (Å²) in [4.78, 5) is 18.7. The Balaban J connectivity index is 1.15. The van der Waals surface area contributed by atoms with Crippen molar-refractivity contribution in [1.82, 2.24) is 34.8 Å². The van der Waals surface area contributed by atoms with Crippen LogP contribution in [0.25, 0.3) is 28.4 Å². The Labute approximate surface area is 245 Å². The highest BCUT2D eigenvalue weighted by Crippen LogP contribution is 2.49. The summed E-state index contributed by atoms with van der Waals surface area (Å²) in [6, 6.07) is 18.0. The molecule has 7 rings (SSSR count). The summed E-state index contributed by atoms with van der Waals surface area (Å²) >= 11 is 0. The second-order valence-electron chi connectivity index (χ2n) is 12.1. The van der Waals surface area contributed by atoms with Crippen molar-refractivity contribution in [3.63, 3.8) is 0 Å². The lowest BCUT2D eigenvalue weighted by Crippen LogP contribution is -2.40. The number of ether oxygens (including phenoxy) is 1. The summed E-state index contributed by atoms with van der Waals surface area (Å²) in [5.74, 6) is 1.86. The van der Waals surface area contributed by atoms with Gasteiger partial charge in [-0.15, -0.1) is 10.2 Å². The molecule has 9 heteroatoms. The molecule has 0 amide bonds. The van der Waals surface area contributed by atoms with Gasteiger partial charge in [0.25, 0.3) is 0 Å². The van der Waals surface area contributed by atoms with Gasteiger partial charge in [-0.2, -0.15) is 4.63 Å². The summed E-state index contributed by atoms with van der Waals surface area (Å²) in [5.41, 5.74) is 5.30. The molecule has 216 valence electrons. The van der Waals surface area contributed by atoms with E-state index in [0.29, 0.717) is 17.5 Å². The molecule has 5 aromatic rings. The molecular formula is C33H37N7O2. The van der Waals surface area contributed by atoms with E-state index in [2.05, 4.69) is 22.3 Å². The van der Waals surface area contributed by atoms with Gasteiger partial charge in [0.2, 0.25) is 5.65 Å². The number of nitrogens with zero attached hydrogens (tertiary/aromatic N) is 6. The predicted molar refractivity (Wildman–Crippen MR) is 161 cm³/mol. The van der Waals surface area contributed by atoms with E-state index in [1.165, 1.54) is 25.7 Å². The number of carbonyl (C=O) groups excluding carboxylic acids is 1. The van der Waals surface area contributed by atoms with E-state index in [1.807, 2.05) is 78.4 Å². The number of benzene rings is 2. The number of hydrogen-bond donors (Lipinski definition) is 1. The van der Waals surface area contributed by atoms with Crippen LogP contribution in [0, 0.1) is 30.6 Å². The standard InChI is InChI=1S/C33H37N7O2/c1-21(31-34-32-30(22(2)36-40(32)37-31)39-29-17-9-8-16-28(29)35-38-39)26-19-24-14-6-7-15-25(24)20-27(26)33(41)42-18-10-13-23-11-4-3-5-12-23/h3-5,8-13,16-17,21,24-27,36H,6-7,14-15,18-20H2,1-2H3/b13-10+/t21?,24?,25?,26-,27-/m1/s1. The Hall–Kier alpha value is -4.27. The number of hydrogen-bond acceptors (Lipinski definition) is 6. The second kappa shape index (κ2) is 11.2. The lowest BCUT2D eigenvalue weighted by Gasteiger charge is -2.44. The van der Waals surface area contributed by atoms with Crippen molar-refractivity contribution >= 4 is 28.7 Å². The maximum Gasteiger partial charge on any atom is 0.309 e. The molecule has 0 radical (unpaired) electrons. The van der Waals surface area contributed by atoms with Crippen molar-refractivity contribution in [3.05, 3.63) is 77.8 Å². The van der Waals surface area contributed by atoms with Crippen LogP contribution < -0.4 is 0 Å². The Morgan fingerprint density at radius 1 is 1.07 bits per heavy atom. The van der Waals surface area contributed by atoms with Crippen molar-refractivity contribution in [3.8, 4) is 5.69 Å². The van der Waals surface area contributed by atoms with Gasteiger partial charge in [0.15, 0.2) is 5.82 Å². The minimum atomic E-state index is -0.160. The largest absolute Gasteiger partial charge is 0.461 e. The number of carbonyl (C=O) groups is 1. The molecule has 3 aromatic heterocycles. The number of H-pyrrole nitrogens is 1. The third kappa shape index (κ3) is 4.91. The van der Waals surface area contributed by atoms with E-state index in [0.717, 1.165) is 46.6 Å². The summed E-state index contributed by atoms with van der Waals surface area (Å²) in [5, 5.41) is 17.0. The van der Waals surface area contributed by atoms with Crippen molar-refractivity contribution in [1.29, 1.82) is 0 Å². The summed E-state index contributed by atoms with van der Waals surface area (Å²) in [7, 11) is 0. The average molecular weight is 564 g/mol. The summed E-state index contributed by atoms with van der Waals surface area (Å²) < 4.78 is 9.44. The van der Waals surface area contributed by atoms with Gasteiger partial charge in [-0.1, -0.05) is 86.4 Å². The van der Waals surface area contributed by atoms with Gasteiger partial charge in [-0.3, -0.25) is 9.89 Å². The molecule has 5 atom stereocenters. The Kier molecular flexibility index (Phi) is 7.09. The molecule has 2 aliphatic carbocycles. The molecule has 1 N–H and O–H groups in total. The quantitative estimate of drug-likeness (QED) is 0.233. The Morgan fingerprint density at radius 2 is 1.83 bits per heavy atom. The summed E-state index contributed by atoms with van der Waals surface area (Å²) in [6.07, 6.45) is 10.8. The minimum absolute atomic E-state index is 0.000709. The molecule has 2 aromatic carbocycles. The van der Waals surface area contributed by atoms with Crippen molar-refractivity contribution in [2.24, 2.45) is 23.7 Å². The van der Waals surface area contributed by atoms with Crippen LogP contribution in [0.15, 0.2) is 60.7 Å². The van der Waals surface area contributed by atoms with Crippen LogP contribution in [-0.4, -0.2) is 47.4 Å². The number of nitrogens with one attached hydrogen (secondary N) is 1. The third-order valence-electron chi connectivity index (χ3n) is 9.53. The van der Waals surface area contributed by atoms with Crippen LogP contribution in [0.4, 0.5) is 0 Å². The number of para-hydroxylation sites is 1. The number of aromatic nitrogens is 7. The number of rotatable bonds is 7. The van der Waals surface area contributed by atoms with E-state index in [4.69, 9.17) is 14.8 Å². The fourth-order valence-corrected chi connectivity index (χ4v) is 7.34. The zero-order valence-electron chi connectivity index (χ0n) is 24.2. The van der Waals surface area contributed by atoms with Gasteiger partial charge in [-0.25, -0.2) is 9.67 Å². The fourth-order valence-electron chi connectivity index (χ4n) is 7.34.